The first-order valence-electron chi connectivity index (χ1n) is 9.41. The molecule has 0 radical (unpaired) electrons. The summed E-state index contributed by atoms with van der Waals surface area (Å²) in [7, 11) is 1.58. The van der Waals surface area contributed by atoms with E-state index >= 15 is 0 Å². The number of ether oxygens (including phenoxy) is 1. The molecule has 10 heteroatoms. The molecule has 4 heterocycles. The van der Waals surface area contributed by atoms with Crippen LogP contribution in [0, 0.1) is 0 Å². The third-order valence-corrected chi connectivity index (χ3v) is 6.55. The Morgan fingerprint density at radius 3 is 3.03 bits per heavy atom. The van der Waals surface area contributed by atoms with E-state index in [4.69, 9.17) is 21.3 Å². The summed E-state index contributed by atoms with van der Waals surface area (Å²) in [5, 5.41) is 9.42. The van der Waals surface area contributed by atoms with Crippen molar-refractivity contribution in [2.24, 2.45) is 0 Å². The maximum absolute atomic E-state index is 13.6. The van der Waals surface area contributed by atoms with Crippen LogP contribution in [0.25, 0.3) is 10.2 Å². The number of methoxy groups -OCH3 is 1. The van der Waals surface area contributed by atoms with Crippen LogP contribution in [0.5, 0.6) is 5.75 Å². The third-order valence-electron chi connectivity index (χ3n) is 5.01. The number of rotatable bonds is 5. The molecule has 8 nitrogen and oxygen atoms in total. The van der Waals surface area contributed by atoms with Crippen LogP contribution in [0.3, 0.4) is 0 Å². The van der Waals surface area contributed by atoms with Gasteiger partial charge in [0.25, 0.3) is 5.91 Å². The predicted octanol–water partition coefficient (Wildman–Crippen LogP) is 3.74. The van der Waals surface area contributed by atoms with E-state index in [9.17, 15) is 4.79 Å². The molecule has 0 atom stereocenters. The zero-order chi connectivity index (χ0) is 20.7. The highest BCUT2D eigenvalue weighted by molar-refractivity contribution is 7.23. The Kier molecular flexibility index (Phi) is 4.84. The molecule has 1 aliphatic heterocycles. The number of carbonyl (C=O) groups excluding carboxylic acids is 1. The minimum Gasteiger partial charge on any atom is -0.494 e. The van der Waals surface area contributed by atoms with Gasteiger partial charge in [-0.1, -0.05) is 29.0 Å². The molecule has 4 aromatic rings. The Morgan fingerprint density at radius 2 is 2.23 bits per heavy atom. The second kappa shape index (κ2) is 7.66. The zero-order valence-corrected chi connectivity index (χ0v) is 17.7. The maximum atomic E-state index is 13.6. The molecule has 0 aliphatic carbocycles. The van der Waals surface area contributed by atoms with Crippen LogP contribution in [0.1, 0.15) is 28.4 Å². The van der Waals surface area contributed by atoms with Crippen LogP contribution in [-0.4, -0.2) is 37.7 Å². The molecule has 1 amide bonds. The summed E-state index contributed by atoms with van der Waals surface area (Å²) in [6.07, 6.45) is 5.22. The highest BCUT2D eigenvalue weighted by Crippen LogP contribution is 2.39. The number of aromatic nitrogens is 5. The average molecular weight is 441 g/mol. The highest BCUT2D eigenvalue weighted by atomic mass is 35.5. The van der Waals surface area contributed by atoms with Gasteiger partial charge in [-0.2, -0.15) is 0 Å². The number of thiazole rings is 1. The summed E-state index contributed by atoms with van der Waals surface area (Å²) in [5.41, 5.74) is 1.50. The molecule has 5 rings (SSSR count). The van der Waals surface area contributed by atoms with Crippen LogP contribution in [-0.2, 0) is 19.5 Å². The number of aryl methyl sites for hydroxylation is 1. The quantitative estimate of drug-likeness (QED) is 0.470. The Morgan fingerprint density at radius 1 is 1.33 bits per heavy atom. The summed E-state index contributed by atoms with van der Waals surface area (Å²) < 4.78 is 8.09. The van der Waals surface area contributed by atoms with Gasteiger partial charge in [0.1, 0.15) is 17.1 Å². The predicted molar refractivity (Wildman–Crippen MR) is 114 cm³/mol. The zero-order valence-electron chi connectivity index (χ0n) is 16.1. The Bertz CT molecular complexity index is 1240. The Hall–Kier alpha value is -3.04. The molecule has 0 fully saturated rings. The number of hydrogen-bond donors (Lipinski definition) is 0. The maximum Gasteiger partial charge on any atom is 0.298 e. The molecule has 3 aromatic heterocycles. The summed E-state index contributed by atoms with van der Waals surface area (Å²) in [5.74, 6) is 1.51. The summed E-state index contributed by atoms with van der Waals surface area (Å²) in [6.45, 7) is 1.04. The fourth-order valence-electron chi connectivity index (χ4n) is 3.55. The van der Waals surface area contributed by atoms with E-state index in [-0.39, 0.29) is 5.91 Å². The van der Waals surface area contributed by atoms with E-state index in [0.717, 1.165) is 35.5 Å². The lowest BCUT2D eigenvalue weighted by molar-refractivity contribution is 0.0970. The molecular formula is C20H17ClN6O2S. The van der Waals surface area contributed by atoms with E-state index in [1.165, 1.54) is 11.3 Å². The standard InChI is InChI=1S/C20H17ClN6O2S/c1-29-14-7-6-13(21)17-16(14)23-20(30-17)27(11-12-4-2-8-22-10-12)19(28)18-25-24-15-5-3-9-26(15)18/h2,4,6-8,10H,3,5,9,11H2,1H3. The van der Waals surface area contributed by atoms with E-state index in [1.807, 2.05) is 16.7 Å². The minimum absolute atomic E-state index is 0.256. The van der Waals surface area contributed by atoms with E-state index in [2.05, 4.69) is 15.2 Å². The van der Waals surface area contributed by atoms with Gasteiger partial charge in [-0.25, -0.2) is 4.98 Å². The molecule has 0 unspecified atom stereocenters. The topological polar surface area (TPSA) is 86.0 Å². The van der Waals surface area contributed by atoms with Crippen molar-refractivity contribution in [1.82, 2.24) is 24.7 Å². The summed E-state index contributed by atoms with van der Waals surface area (Å²) in [4.78, 5) is 24.0. The van der Waals surface area contributed by atoms with Gasteiger partial charge >= 0.3 is 0 Å². The first-order chi connectivity index (χ1) is 14.7. The van der Waals surface area contributed by atoms with E-state index < -0.39 is 0 Å². The number of anilines is 1. The molecule has 0 saturated heterocycles. The molecule has 152 valence electrons. The van der Waals surface area contributed by atoms with Crippen LogP contribution >= 0.6 is 22.9 Å². The molecule has 1 aromatic carbocycles. The van der Waals surface area contributed by atoms with Gasteiger partial charge in [-0.05, 0) is 30.2 Å². The number of nitrogens with zero attached hydrogens (tertiary/aromatic N) is 6. The summed E-state index contributed by atoms with van der Waals surface area (Å²) in [6, 6.07) is 7.30. The van der Waals surface area contributed by atoms with Crippen molar-refractivity contribution in [3.05, 3.63) is 58.9 Å². The highest BCUT2D eigenvalue weighted by Gasteiger charge is 2.29. The number of amides is 1. The van der Waals surface area contributed by atoms with Gasteiger partial charge in [-0.3, -0.25) is 14.7 Å². The fraction of sp³-hybridized carbons (Fsp3) is 0.250. The van der Waals surface area contributed by atoms with E-state index in [0.29, 0.717) is 33.8 Å². The SMILES string of the molecule is COc1ccc(Cl)c2sc(N(Cc3cccnc3)C(=O)c3nnc4n3CCC4)nc12. The van der Waals surface area contributed by atoms with Crippen molar-refractivity contribution < 1.29 is 9.53 Å². The number of hydrogen-bond acceptors (Lipinski definition) is 7. The van der Waals surface area contributed by atoms with Gasteiger partial charge in [0.2, 0.25) is 5.82 Å². The largest absolute Gasteiger partial charge is 0.494 e. The Labute approximate surface area is 181 Å². The molecule has 0 N–H and O–H groups in total. The third kappa shape index (κ3) is 3.20. The first kappa shape index (κ1) is 19.0. The van der Waals surface area contributed by atoms with Crippen LogP contribution < -0.4 is 9.64 Å². The van der Waals surface area contributed by atoms with Crippen molar-refractivity contribution in [2.75, 3.05) is 12.0 Å². The van der Waals surface area contributed by atoms with Crippen molar-refractivity contribution in [3.8, 4) is 5.75 Å². The van der Waals surface area contributed by atoms with Gasteiger partial charge in [0.05, 0.1) is 23.4 Å². The number of halogens is 1. The first-order valence-corrected chi connectivity index (χ1v) is 10.6. The number of carbonyl (C=O) groups is 1. The molecule has 30 heavy (non-hydrogen) atoms. The van der Waals surface area contributed by atoms with Crippen LogP contribution in [0.4, 0.5) is 5.13 Å². The smallest absolute Gasteiger partial charge is 0.298 e. The molecule has 1 aliphatic rings. The summed E-state index contributed by atoms with van der Waals surface area (Å²) >= 11 is 7.74. The molecule has 0 saturated carbocycles. The lowest BCUT2D eigenvalue weighted by Gasteiger charge is -2.19. The lowest BCUT2D eigenvalue weighted by atomic mass is 10.2. The van der Waals surface area contributed by atoms with Crippen molar-refractivity contribution in [3.63, 3.8) is 0 Å². The van der Waals surface area contributed by atoms with Crippen LogP contribution in [0.2, 0.25) is 5.02 Å². The van der Waals surface area contributed by atoms with Gasteiger partial charge < -0.3 is 9.30 Å². The molecule has 0 spiro atoms. The normalized spacial score (nSPS) is 12.9. The second-order valence-corrected chi connectivity index (χ2v) is 8.26. The minimum atomic E-state index is -0.256. The van der Waals surface area contributed by atoms with Gasteiger partial charge in [0.15, 0.2) is 5.13 Å². The van der Waals surface area contributed by atoms with Crippen LogP contribution in [0.15, 0.2) is 36.7 Å². The van der Waals surface area contributed by atoms with Gasteiger partial charge in [-0.15, -0.1) is 10.2 Å². The van der Waals surface area contributed by atoms with Crippen molar-refractivity contribution in [2.45, 2.75) is 25.9 Å². The lowest BCUT2D eigenvalue weighted by Crippen LogP contribution is -2.32. The average Bonchev–Trinajstić information content (AvgIpc) is 3.48. The number of benzene rings is 1. The van der Waals surface area contributed by atoms with Crippen molar-refractivity contribution >= 4 is 44.2 Å². The van der Waals surface area contributed by atoms with E-state index in [1.54, 1.807) is 36.5 Å². The second-order valence-electron chi connectivity index (χ2n) is 6.87. The number of fused-ring (bicyclic) bond motifs is 2. The van der Waals surface area contributed by atoms with Gasteiger partial charge in [0, 0.05) is 25.4 Å². The number of pyridine rings is 1. The molecule has 0 bridgehead atoms. The Balaban J connectivity index is 1.62. The fourth-order valence-corrected chi connectivity index (χ4v) is 4.81. The molecular weight excluding hydrogens is 424 g/mol. The monoisotopic (exact) mass is 440 g/mol. The van der Waals surface area contributed by atoms with Crippen molar-refractivity contribution in [1.29, 1.82) is 0 Å².